The lowest BCUT2D eigenvalue weighted by molar-refractivity contribution is -0.157. The van der Waals surface area contributed by atoms with Gasteiger partial charge in [0.15, 0.2) is 0 Å². The second-order valence-electron chi connectivity index (χ2n) is 14.1. The van der Waals surface area contributed by atoms with E-state index in [9.17, 15) is 9.59 Å². The number of ether oxygens (including phenoxy) is 1. The average molecular weight is 575 g/mol. The van der Waals surface area contributed by atoms with E-state index in [4.69, 9.17) is 9.16 Å². The molecule has 2 aromatic carbocycles. The number of rotatable bonds is 11. The minimum Gasteiger partial charge on any atom is -0.460 e. The van der Waals surface area contributed by atoms with Crippen LogP contribution >= 0.6 is 0 Å². The molecule has 3 rings (SSSR count). The third-order valence-corrected chi connectivity index (χ3v) is 12.9. The highest BCUT2D eigenvalue weighted by molar-refractivity contribution is 6.99. The van der Waals surface area contributed by atoms with E-state index in [1.165, 1.54) is 16.8 Å². The summed E-state index contributed by atoms with van der Waals surface area (Å²) in [4.78, 5) is 26.2. The lowest BCUT2D eigenvalue weighted by Gasteiger charge is -2.43. The molecule has 1 saturated carbocycles. The summed E-state index contributed by atoms with van der Waals surface area (Å²) < 4.78 is 12.6. The largest absolute Gasteiger partial charge is 0.460 e. The van der Waals surface area contributed by atoms with Crippen molar-refractivity contribution < 1.29 is 18.8 Å². The number of carbonyl (C=O) groups excluding carboxylic acids is 2. The molecule has 0 radical (unpaired) electrons. The van der Waals surface area contributed by atoms with Crippen molar-refractivity contribution in [1.29, 1.82) is 0 Å². The summed E-state index contributed by atoms with van der Waals surface area (Å²) in [6.07, 6.45) is 3.76. The van der Waals surface area contributed by atoms with E-state index >= 15 is 0 Å². The number of carbonyl (C=O) groups is 2. The van der Waals surface area contributed by atoms with E-state index in [0.717, 1.165) is 12.8 Å². The number of ketones is 1. The zero-order valence-electron chi connectivity index (χ0n) is 26.5. The molecule has 1 aliphatic carbocycles. The summed E-state index contributed by atoms with van der Waals surface area (Å²) in [5.41, 5.74) is -0.612. The van der Waals surface area contributed by atoms with Crippen molar-refractivity contribution in [2.45, 2.75) is 98.1 Å². The first-order valence-corrected chi connectivity index (χ1v) is 17.1. The molecule has 0 bridgehead atoms. The molecule has 0 N–H and O–H groups in total. The van der Waals surface area contributed by atoms with Gasteiger partial charge in [-0.1, -0.05) is 101 Å². The minimum absolute atomic E-state index is 0.00946. The molecule has 0 saturated heterocycles. The number of esters is 1. The first-order valence-electron chi connectivity index (χ1n) is 15.2. The van der Waals surface area contributed by atoms with E-state index < -0.39 is 19.8 Å². The zero-order chi connectivity index (χ0) is 30.3. The summed E-state index contributed by atoms with van der Waals surface area (Å²) in [6.45, 7) is 17.1. The van der Waals surface area contributed by atoms with Crippen LogP contribution in [0.4, 0.5) is 0 Å². The number of benzene rings is 2. The maximum absolute atomic E-state index is 13.4. The van der Waals surface area contributed by atoms with Crippen LogP contribution in [-0.2, 0) is 18.8 Å². The van der Waals surface area contributed by atoms with Crippen molar-refractivity contribution in [3.05, 3.63) is 60.7 Å². The van der Waals surface area contributed by atoms with Crippen LogP contribution in [-0.4, -0.2) is 32.3 Å². The normalized spacial score (nSPS) is 18.2. The van der Waals surface area contributed by atoms with Gasteiger partial charge in [0.05, 0.1) is 6.42 Å². The van der Waals surface area contributed by atoms with E-state index in [-0.39, 0.29) is 29.1 Å². The van der Waals surface area contributed by atoms with Gasteiger partial charge in [-0.05, 0) is 79.6 Å². The standard InChI is InChI=1S/C36H50O4Si/c1-27(2)23-29-24-28(25-29)19-20-33(37)30(26-34(38)40-35(3,4)5)21-22-39-41(36(6,7)8,31-15-11-9-12-16-31)32-17-13-10-14-18-32/h9-18,27-30H,21-26H2,1-8H3/t28-,29+,30-/m0/s1. The lowest BCUT2D eigenvalue weighted by Crippen LogP contribution is -2.66. The molecule has 41 heavy (non-hydrogen) atoms. The highest BCUT2D eigenvalue weighted by Gasteiger charge is 2.50. The number of Topliss-reactive ketones (excluding diaryl/α,β-unsaturated/α-hetero) is 1. The van der Waals surface area contributed by atoms with Gasteiger partial charge in [-0.15, -0.1) is 0 Å². The van der Waals surface area contributed by atoms with Crippen molar-refractivity contribution in [3.63, 3.8) is 0 Å². The SMILES string of the molecule is CC(C)C[C@H]1C[C@@H](C#CC(=O)[C@@H](CCO[Si](c2ccccc2)(c2ccccc2)C(C)(C)C)CC(=O)OC(C)(C)C)C1. The number of hydrogen-bond acceptors (Lipinski definition) is 4. The summed E-state index contributed by atoms with van der Waals surface area (Å²) in [7, 11) is -2.75. The zero-order valence-corrected chi connectivity index (χ0v) is 27.5. The van der Waals surface area contributed by atoms with Gasteiger partial charge >= 0.3 is 5.97 Å². The Morgan fingerprint density at radius 2 is 1.44 bits per heavy atom. The topological polar surface area (TPSA) is 52.6 Å². The van der Waals surface area contributed by atoms with Crippen LogP contribution in [0, 0.1) is 35.5 Å². The Morgan fingerprint density at radius 1 is 0.902 bits per heavy atom. The van der Waals surface area contributed by atoms with Gasteiger partial charge in [-0.2, -0.15) is 0 Å². The average Bonchev–Trinajstić information content (AvgIpc) is 2.86. The third-order valence-electron chi connectivity index (χ3n) is 7.85. The van der Waals surface area contributed by atoms with Crippen LogP contribution in [0.1, 0.15) is 87.5 Å². The molecule has 1 fully saturated rings. The molecule has 1 aliphatic rings. The van der Waals surface area contributed by atoms with Crippen LogP contribution < -0.4 is 10.4 Å². The molecule has 0 spiro atoms. The second-order valence-corrected chi connectivity index (χ2v) is 18.4. The van der Waals surface area contributed by atoms with E-state index in [2.05, 4.69) is 95.0 Å². The van der Waals surface area contributed by atoms with Gasteiger partial charge in [0.25, 0.3) is 8.32 Å². The van der Waals surface area contributed by atoms with Crippen molar-refractivity contribution in [2.75, 3.05) is 6.61 Å². The smallest absolute Gasteiger partial charge is 0.307 e. The highest BCUT2D eigenvalue weighted by atomic mass is 28.4. The maximum atomic E-state index is 13.4. The van der Waals surface area contributed by atoms with Crippen molar-refractivity contribution in [3.8, 4) is 11.8 Å². The van der Waals surface area contributed by atoms with Gasteiger partial charge in [0.2, 0.25) is 5.78 Å². The highest BCUT2D eigenvalue weighted by Crippen LogP contribution is 2.38. The molecular formula is C36H50O4Si. The molecule has 0 unspecified atom stereocenters. The van der Waals surface area contributed by atoms with E-state index in [0.29, 0.717) is 24.9 Å². The Labute approximate surface area is 249 Å². The van der Waals surface area contributed by atoms with Gasteiger partial charge in [-0.3, -0.25) is 9.59 Å². The predicted octanol–water partition coefficient (Wildman–Crippen LogP) is 6.95. The van der Waals surface area contributed by atoms with Crippen LogP contribution in [0.25, 0.3) is 0 Å². The van der Waals surface area contributed by atoms with Crippen LogP contribution in [0.3, 0.4) is 0 Å². The Balaban J connectivity index is 1.82. The molecule has 4 nitrogen and oxygen atoms in total. The first kappa shape index (κ1) is 32.8. The fraction of sp³-hybridized carbons (Fsp3) is 0.556. The fourth-order valence-electron chi connectivity index (χ4n) is 6.01. The second kappa shape index (κ2) is 14.0. The lowest BCUT2D eigenvalue weighted by atomic mass is 9.72. The molecule has 0 aromatic heterocycles. The molecule has 2 aromatic rings. The molecule has 5 heteroatoms. The van der Waals surface area contributed by atoms with Crippen LogP contribution in [0.5, 0.6) is 0 Å². The van der Waals surface area contributed by atoms with Gasteiger partial charge in [0, 0.05) is 18.4 Å². The fourth-order valence-corrected chi connectivity index (χ4v) is 10.6. The van der Waals surface area contributed by atoms with Gasteiger partial charge in [-0.25, -0.2) is 0 Å². The van der Waals surface area contributed by atoms with Gasteiger partial charge < -0.3 is 9.16 Å². The van der Waals surface area contributed by atoms with Crippen molar-refractivity contribution >= 4 is 30.4 Å². The van der Waals surface area contributed by atoms with Crippen molar-refractivity contribution in [2.24, 2.45) is 23.7 Å². The first-order chi connectivity index (χ1) is 19.2. The summed E-state index contributed by atoms with van der Waals surface area (Å²) in [5.74, 6) is 6.70. The molecule has 0 heterocycles. The quantitative estimate of drug-likeness (QED) is 0.126. The summed E-state index contributed by atoms with van der Waals surface area (Å²) >= 11 is 0. The van der Waals surface area contributed by atoms with Crippen LogP contribution in [0.2, 0.25) is 5.04 Å². The third kappa shape index (κ3) is 9.15. The van der Waals surface area contributed by atoms with E-state index in [1.54, 1.807) is 0 Å². The molecule has 0 aliphatic heterocycles. The summed E-state index contributed by atoms with van der Waals surface area (Å²) in [6, 6.07) is 20.9. The molecule has 1 atom stereocenters. The maximum Gasteiger partial charge on any atom is 0.307 e. The molecule has 222 valence electrons. The molecular weight excluding hydrogens is 524 g/mol. The Bertz CT molecular complexity index is 1150. The van der Waals surface area contributed by atoms with Gasteiger partial charge in [0.1, 0.15) is 5.60 Å². The number of hydrogen-bond donors (Lipinski definition) is 0. The predicted molar refractivity (Wildman–Crippen MR) is 171 cm³/mol. The van der Waals surface area contributed by atoms with Crippen LogP contribution in [0.15, 0.2) is 60.7 Å². The Kier molecular flexibility index (Phi) is 11.2. The minimum atomic E-state index is -2.75. The monoisotopic (exact) mass is 574 g/mol. The Hall–Kier alpha value is -2.68. The Morgan fingerprint density at radius 3 is 1.90 bits per heavy atom. The van der Waals surface area contributed by atoms with Crippen molar-refractivity contribution in [1.82, 2.24) is 0 Å². The summed E-state index contributed by atoms with van der Waals surface area (Å²) in [5, 5.41) is 2.21. The van der Waals surface area contributed by atoms with E-state index in [1.807, 2.05) is 32.9 Å². The molecule has 0 amide bonds.